The molecule has 2 aromatic rings. The van der Waals surface area contributed by atoms with Crippen LogP contribution in [0.15, 0.2) is 48.5 Å². The van der Waals surface area contributed by atoms with Crippen molar-refractivity contribution in [3.05, 3.63) is 65.5 Å². The number of rotatable bonds is 7. The molecule has 1 fully saturated rings. The molecule has 0 unspecified atom stereocenters. The Labute approximate surface area is 188 Å². The van der Waals surface area contributed by atoms with Gasteiger partial charge in [-0.25, -0.2) is 4.39 Å². The summed E-state index contributed by atoms with van der Waals surface area (Å²) in [6.45, 7) is 1.35. The van der Waals surface area contributed by atoms with Crippen LogP contribution in [0.25, 0.3) is 0 Å². The van der Waals surface area contributed by atoms with Gasteiger partial charge >= 0.3 is 6.18 Å². The summed E-state index contributed by atoms with van der Waals surface area (Å²) in [6.07, 6.45) is -4.55. The highest BCUT2D eigenvalue weighted by molar-refractivity contribution is 5.98. The Balaban J connectivity index is 1.43. The van der Waals surface area contributed by atoms with E-state index in [1.54, 1.807) is 9.80 Å². The molecule has 1 aliphatic rings. The van der Waals surface area contributed by atoms with Crippen molar-refractivity contribution in [3.63, 3.8) is 0 Å². The summed E-state index contributed by atoms with van der Waals surface area (Å²) < 4.78 is 52.1. The van der Waals surface area contributed by atoms with E-state index in [1.165, 1.54) is 42.5 Å². The predicted molar refractivity (Wildman–Crippen MR) is 113 cm³/mol. The minimum Gasteiger partial charge on any atom is -0.340 e. The van der Waals surface area contributed by atoms with Crippen molar-refractivity contribution in [2.75, 3.05) is 38.0 Å². The van der Waals surface area contributed by atoms with Crippen LogP contribution < -0.4 is 5.32 Å². The number of Topliss-reactive ketones (excluding diaryl/α,β-unsaturated/α-hetero) is 1. The Morgan fingerprint density at radius 2 is 1.52 bits per heavy atom. The second kappa shape index (κ2) is 10.6. The number of anilines is 1. The van der Waals surface area contributed by atoms with E-state index in [2.05, 4.69) is 5.32 Å². The summed E-state index contributed by atoms with van der Waals surface area (Å²) in [5.74, 6) is -1.47. The molecule has 0 saturated carbocycles. The van der Waals surface area contributed by atoms with Crippen LogP contribution in [0.3, 0.4) is 0 Å². The number of amides is 2. The summed E-state index contributed by atoms with van der Waals surface area (Å²) in [5.41, 5.74) is -0.870. The van der Waals surface area contributed by atoms with Gasteiger partial charge in [0.2, 0.25) is 11.8 Å². The van der Waals surface area contributed by atoms with Gasteiger partial charge < -0.3 is 10.2 Å². The van der Waals surface area contributed by atoms with Crippen molar-refractivity contribution in [2.45, 2.75) is 19.0 Å². The highest BCUT2D eigenvalue weighted by Gasteiger charge is 2.33. The lowest BCUT2D eigenvalue weighted by atomic mass is 10.1. The minimum absolute atomic E-state index is 0.00566. The van der Waals surface area contributed by atoms with E-state index in [1.807, 2.05) is 0 Å². The highest BCUT2D eigenvalue weighted by Crippen LogP contribution is 2.34. The molecule has 0 bridgehead atoms. The molecule has 3 rings (SSSR count). The molecule has 1 aliphatic heterocycles. The Kier molecular flexibility index (Phi) is 7.80. The molecular formula is C23H23F4N3O3. The maximum atomic E-state index is 13.1. The van der Waals surface area contributed by atoms with E-state index in [0.717, 1.165) is 6.07 Å². The zero-order valence-electron chi connectivity index (χ0n) is 17.7. The number of ketones is 1. The van der Waals surface area contributed by atoms with Crippen LogP contribution in [0.2, 0.25) is 0 Å². The van der Waals surface area contributed by atoms with Gasteiger partial charge in [-0.2, -0.15) is 13.2 Å². The smallest absolute Gasteiger partial charge is 0.340 e. The molecule has 0 aromatic heterocycles. The third-order valence-corrected chi connectivity index (χ3v) is 5.33. The van der Waals surface area contributed by atoms with Crippen LogP contribution in [-0.4, -0.2) is 60.1 Å². The van der Waals surface area contributed by atoms with E-state index in [0.29, 0.717) is 31.7 Å². The van der Waals surface area contributed by atoms with E-state index in [4.69, 9.17) is 0 Å². The lowest BCUT2D eigenvalue weighted by Crippen LogP contribution is -2.50. The number of hydrogen-bond acceptors (Lipinski definition) is 4. The molecule has 33 heavy (non-hydrogen) atoms. The van der Waals surface area contributed by atoms with Gasteiger partial charge in [0.15, 0.2) is 5.78 Å². The van der Waals surface area contributed by atoms with E-state index >= 15 is 0 Å². The van der Waals surface area contributed by atoms with Crippen LogP contribution in [0, 0.1) is 5.82 Å². The summed E-state index contributed by atoms with van der Waals surface area (Å²) >= 11 is 0. The molecule has 176 valence electrons. The molecule has 1 heterocycles. The molecule has 0 atom stereocenters. The molecule has 0 aliphatic carbocycles. The van der Waals surface area contributed by atoms with E-state index in [-0.39, 0.29) is 36.8 Å². The number of para-hydroxylation sites is 1. The third-order valence-electron chi connectivity index (χ3n) is 5.33. The highest BCUT2D eigenvalue weighted by atomic mass is 19.4. The van der Waals surface area contributed by atoms with Crippen LogP contribution in [0.5, 0.6) is 0 Å². The monoisotopic (exact) mass is 465 g/mol. The molecule has 2 amide bonds. The number of carbonyl (C=O) groups excluding carboxylic acids is 3. The number of alkyl halides is 3. The number of carbonyl (C=O) groups is 3. The molecule has 1 saturated heterocycles. The molecule has 6 nitrogen and oxygen atoms in total. The van der Waals surface area contributed by atoms with Crippen LogP contribution in [0.4, 0.5) is 23.2 Å². The SMILES string of the molecule is O=C(CN1CCN(C(=O)CCC(=O)c2ccc(F)cc2)CC1)Nc1ccccc1C(F)(F)F. The van der Waals surface area contributed by atoms with Crippen LogP contribution in [-0.2, 0) is 15.8 Å². The Hall–Kier alpha value is -3.27. The minimum atomic E-state index is -4.58. The number of nitrogens with zero attached hydrogens (tertiary/aromatic N) is 2. The Morgan fingerprint density at radius 3 is 2.15 bits per heavy atom. The van der Waals surface area contributed by atoms with Gasteiger partial charge in [0.05, 0.1) is 17.8 Å². The van der Waals surface area contributed by atoms with E-state index < -0.39 is 23.5 Å². The molecule has 10 heteroatoms. The van der Waals surface area contributed by atoms with Gasteiger partial charge in [0, 0.05) is 44.6 Å². The largest absolute Gasteiger partial charge is 0.418 e. The summed E-state index contributed by atoms with van der Waals surface area (Å²) in [6, 6.07) is 9.89. The Morgan fingerprint density at radius 1 is 0.879 bits per heavy atom. The predicted octanol–water partition coefficient (Wildman–Crippen LogP) is 3.59. The second-order valence-electron chi connectivity index (χ2n) is 7.68. The first kappa shape index (κ1) is 24.4. The average Bonchev–Trinajstić information content (AvgIpc) is 2.78. The zero-order valence-corrected chi connectivity index (χ0v) is 17.7. The maximum absolute atomic E-state index is 13.1. The fraction of sp³-hybridized carbons (Fsp3) is 0.348. The van der Waals surface area contributed by atoms with Crippen molar-refractivity contribution < 1.29 is 31.9 Å². The number of halogens is 4. The van der Waals surface area contributed by atoms with Gasteiger partial charge in [-0.3, -0.25) is 19.3 Å². The van der Waals surface area contributed by atoms with Crippen molar-refractivity contribution in [1.29, 1.82) is 0 Å². The van der Waals surface area contributed by atoms with Crippen LogP contribution >= 0.6 is 0 Å². The van der Waals surface area contributed by atoms with Gasteiger partial charge in [-0.05, 0) is 36.4 Å². The first-order valence-corrected chi connectivity index (χ1v) is 10.4. The lowest BCUT2D eigenvalue weighted by Gasteiger charge is -2.34. The van der Waals surface area contributed by atoms with Crippen molar-refractivity contribution in [1.82, 2.24) is 9.80 Å². The normalized spacial score (nSPS) is 14.7. The Bertz CT molecular complexity index is 1000. The van der Waals surface area contributed by atoms with Gasteiger partial charge in [-0.1, -0.05) is 12.1 Å². The molecule has 0 radical (unpaired) electrons. The topological polar surface area (TPSA) is 69.7 Å². The zero-order chi connectivity index (χ0) is 24.0. The van der Waals surface area contributed by atoms with Gasteiger partial charge in [0.25, 0.3) is 0 Å². The number of benzene rings is 2. The summed E-state index contributed by atoms with van der Waals surface area (Å²) in [7, 11) is 0. The van der Waals surface area contributed by atoms with Crippen LogP contribution in [0.1, 0.15) is 28.8 Å². The molecule has 2 aromatic carbocycles. The van der Waals surface area contributed by atoms with Gasteiger partial charge in [-0.15, -0.1) is 0 Å². The van der Waals surface area contributed by atoms with Gasteiger partial charge in [0.1, 0.15) is 5.82 Å². The first-order valence-electron chi connectivity index (χ1n) is 10.4. The number of nitrogens with one attached hydrogen (secondary N) is 1. The fourth-order valence-corrected chi connectivity index (χ4v) is 3.55. The van der Waals surface area contributed by atoms with Crippen molar-refractivity contribution >= 4 is 23.3 Å². The lowest BCUT2D eigenvalue weighted by molar-refractivity contribution is -0.137. The van der Waals surface area contributed by atoms with E-state index in [9.17, 15) is 31.9 Å². The van der Waals surface area contributed by atoms with Crippen molar-refractivity contribution in [3.8, 4) is 0 Å². The number of hydrogen-bond donors (Lipinski definition) is 1. The maximum Gasteiger partial charge on any atom is 0.418 e. The average molecular weight is 465 g/mol. The molecule has 0 spiro atoms. The standard InChI is InChI=1S/C23H23F4N3O3/c24-17-7-5-16(6-8-17)20(31)9-10-22(33)30-13-11-29(12-14-30)15-21(32)28-19-4-2-1-3-18(19)23(25,26)27/h1-8H,9-15H2,(H,28,32). The quantitative estimate of drug-likeness (QED) is 0.501. The summed E-state index contributed by atoms with van der Waals surface area (Å²) in [4.78, 5) is 40.1. The second-order valence-corrected chi connectivity index (χ2v) is 7.68. The first-order chi connectivity index (χ1) is 15.6. The van der Waals surface area contributed by atoms with Crippen molar-refractivity contribution in [2.24, 2.45) is 0 Å². The fourth-order valence-electron chi connectivity index (χ4n) is 3.55. The third kappa shape index (κ3) is 6.85. The molecular weight excluding hydrogens is 442 g/mol. The summed E-state index contributed by atoms with van der Waals surface area (Å²) in [5, 5.41) is 2.31. The molecule has 1 N–H and O–H groups in total. The number of piperazine rings is 1.